The lowest BCUT2D eigenvalue weighted by Crippen LogP contribution is -2.53. The van der Waals surface area contributed by atoms with E-state index < -0.39 is 16.9 Å². The maximum atomic E-state index is 13.3. The monoisotopic (exact) mass is 597 g/mol. The topological polar surface area (TPSA) is 133 Å². The molecular weight excluding hydrogens is 561 g/mol. The highest BCUT2D eigenvalue weighted by Gasteiger charge is 2.36. The van der Waals surface area contributed by atoms with Crippen LogP contribution in [0.1, 0.15) is 90.6 Å². The van der Waals surface area contributed by atoms with Gasteiger partial charge in [0.2, 0.25) is 0 Å². The molecule has 1 aliphatic heterocycles. The standard InChI is InChI=1S/C34H36FN5O4/c1-4-25(29-19(3)44-18(2)17-36-29)32-37-26(30(40-32)21-8-9-21)16-28-34(43)38-27(33(42)39-28)15-20-6-5-7-23(14-20)31(41)22-10-12-24(35)13-11-22/h5-7,10-16,18-19,21,25,29,36H,4,8-9,17H2,1-3H3,(H,37,40)(H,38,43)(H,39,42)/b27-15-,28-16-. The predicted octanol–water partition coefficient (Wildman–Crippen LogP) is 2.95. The Balaban J connectivity index is 1.32. The highest BCUT2D eigenvalue weighted by Crippen LogP contribution is 2.42. The van der Waals surface area contributed by atoms with E-state index in [9.17, 15) is 18.8 Å². The number of halogens is 1. The van der Waals surface area contributed by atoms with Crippen LogP contribution < -0.4 is 27.1 Å². The third-order valence-electron chi connectivity index (χ3n) is 8.42. The number of hydrogen-bond acceptors (Lipinski definition) is 6. The zero-order chi connectivity index (χ0) is 31.0. The largest absolute Gasteiger partial charge is 0.373 e. The van der Waals surface area contributed by atoms with Gasteiger partial charge in [0.15, 0.2) is 5.78 Å². The number of morpholine rings is 1. The smallest absolute Gasteiger partial charge is 0.272 e. The molecule has 2 aromatic heterocycles. The number of aromatic nitrogens is 4. The first-order valence-corrected chi connectivity index (χ1v) is 15.1. The van der Waals surface area contributed by atoms with Crippen LogP contribution in [0.3, 0.4) is 0 Å². The molecule has 0 amide bonds. The van der Waals surface area contributed by atoms with E-state index in [2.05, 4.69) is 41.0 Å². The van der Waals surface area contributed by atoms with Crippen molar-refractivity contribution >= 4 is 17.9 Å². The van der Waals surface area contributed by atoms with E-state index in [1.54, 1.807) is 30.3 Å². The van der Waals surface area contributed by atoms with Gasteiger partial charge in [-0.25, -0.2) is 9.37 Å². The van der Waals surface area contributed by atoms with Crippen molar-refractivity contribution in [3.8, 4) is 0 Å². The Hall–Kier alpha value is -4.41. The van der Waals surface area contributed by atoms with Gasteiger partial charge < -0.3 is 25.0 Å². The molecule has 1 aliphatic carbocycles. The van der Waals surface area contributed by atoms with Crippen molar-refractivity contribution in [3.63, 3.8) is 0 Å². The zero-order valence-electron chi connectivity index (χ0n) is 24.9. The fraction of sp³-hybridized carbons (Fsp3) is 0.353. The first kappa shape index (κ1) is 29.7. The predicted molar refractivity (Wildman–Crippen MR) is 166 cm³/mol. The van der Waals surface area contributed by atoms with Crippen molar-refractivity contribution < 1.29 is 13.9 Å². The van der Waals surface area contributed by atoms with Crippen LogP contribution in [-0.4, -0.2) is 50.5 Å². The molecule has 1 saturated carbocycles. The molecule has 6 rings (SSSR count). The van der Waals surface area contributed by atoms with Gasteiger partial charge in [0, 0.05) is 41.2 Å². The molecule has 4 unspecified atom stereocenters. The van der Waals surface area contributed by atoms with E-state index >= 15 is 0 Å². The minimum atomic E-state index is -0.479. The van der Waals surface area contributed by atoms with Gasteiger partial charge in [-0.3, -0.25) is 14.4 Å². The lowest BCUT2D eigenvalue weighted by molar-refractivity contribution is -0.0506. The molecule has 44 heavy (non-hydrogen) atoms. The van der Waals surface area contributed by atoms with Crippen molar-refractivity contribution in [2.75, 3.05) is 6.54 Å². The summed E-state index contributed by atoms with van der Waals surface area (Å²) in [7, 11) is 0. The third-order valence-corrected chi connectivity index (χ3v) is 8.42. The number of nitrogens with one attached hydrogen (secondary N) is 4. The molecule has 1 saturated heterocycles. The van der Waals surface area contributed by atoms with Crippen LogP contribution in [-0.2, 0) is 4.74 Å². The molecule has 3 heterocycles. The summed E-state index contributed by atoms with van der Waals surface area (Å²) in [5, 5.41) is 3.79. The Labute approximate surface area is 253 Å². The molecule has 0 radical (unpaired) electrons. The quantitative estimate of drug-likeness (QED) is 0.231. The van der Waals surface area contributed by atoms with Crippen LogP contribution >= 0.6 is 0 Å². The summed E-state index contributed by atoms with van der Waals surface area (Å²) in [6, 6.07) is 12.1. The molecule has 2 aliphatic rings. The summed E-state index contributed by atoms with van der Waals surface area (Å²) in [5.41, 5.74) is 1.97. The maximum Gasteiger partial charge on any atom is 0.272 e. The van der Waals surface area contributed by atoms with Gasteiger partial charge in [-0.15, -0.1) is 0 Å². The molecule has 4 N–H and O–H groups in total. The lowest BCUT2D eigenvalue weighted by atomic mass is 9.91. The Morgan fingerprint density at radius 1 is 1.00 bits per heavy atom. The molecule has 10 heteroatoms. The highest BCUT2D eigenvalue weighted by molar-refractivity contribution is 6.09. The Kier molecular flexibility index (Phi) is 8.29. The van der Waals surface area contributed by atoms with E-state index in [1.807, 2.05) is 0 Å². The minimum absolute atomic E-state index is 0.0234. The van der Waals surface area contributed by atoms with Crippen LogP contribution in [0.15, 0.2) is 58.1 Å². The second-order valence-electron chi connectivity index (χ2n) is 11.8. The number of ketones is 1. The van der Waals surface area contributed by atoms with Crippen molar-refractivity contribution in [3.05, 3.63) is 120 Å². The molecule has 4 aromatic rings. The van der Waals surface area contributed by atoms with Crippen LogP contribution in [0, 0.1) is 5.82 Å². The van der Waals surface area contributed by atoms with Crippen LogP contribution in [0.2, 0.25) is 0 Å². The molecule has 2 fully saturated rings. The number of H-pyrrole nitrogens is 3. The van der Waals surface area contributed by atoms with Gasteiger partial charge in [-0.05, 0) is 81.2 Å². The number of imidazole rings is 1. The molecule has 4 atom stereocenters. The minimum Gasteiger partial charge on any atom is -0.373 e. The number of aromatic amines is 3. The van der Waals surface area contributed by atoms with E-state index in [1.165, 1.54) is 30.3 Å². The highest BCUT2D eigenvalue weighted by atomic mass is 19.1. The van der Waals surface area contributed by atoms with Gasteiger partial charge in [0.1, 0.15) is 22.3 Å². The summed E-state index contributed by atoms with van der Waals surface area (Å²) >= 11 is 0. The van der Waals surface area contributed by atoms with Crippen molar-refractivity contribution in [2.24, 2.45) is 0 Å². The number of hydrogen-bond donors (Lipinski definition) is 4. The fourth-order valence-corrected chi connectivity index (χ4v) is 5.98. The summed E-state index contributed by atoms with van der Waals surface area (Å²) in [6.07, 6.45) is 6.27. The number of carbonyl (C=O) groups excluding carboxylic acids is 1. The normalized spacial score (nSPS) is 21.9. The number of nitrogens with zero attached hydrogens (tertiary/aromatic N) is 1. The number of carbonyl (C=O) groups is 1. The van der Waals surface area contributed by atoms with E-state index in [0.717, 1.165) is 37.3 Å². The van der Waals surface area contributed by atoms with Gasteiger partial charge in [0.25, 0.3) is 11.1 Å². The fourth-order valence-electron chi connectivity index (χ4n) is 5.98. The molecule has 228 valence electrons. The van der Waals surface area contributed by atoms with Gasteiger partial charge >= 0.3 is 0 Å². The first-order chi connectivity index (χ1) is 21.2. The Morgan fingerprint density at radius 3 is 2.36 bits per heavy atom. The van der Waals surface area contributed by atoms with Crippen LogP contribution in [0.4, 0.5) is 4.39 Å². The zero-order valence-corrected chi connectivity index (χ0v) is 24.9. The van der Waals surface area contributed by atoms with Crippen LogP contribution in [0.25, 0.3) is 12.2 Å². The molecular formula is C34H36FN5O4. The van der Waals surface area contributed by atoms with Crippen LogP contribution in [0.5, 0.6) is 0 Å². The summed E-state index contributed by atoms with van der Waals surface area (Å²) < 4.78 is 19.4. The van der Waals surface area contributed by atoms with Crippen molar-refractivity contribution in [1.29, 1.82) is 0 Å². The molecule has 2 aromatic carbocycles. The molecule has 0 bridgehead atoms. The average molecular weight is 598 g/mol. The summed E-state index contributed by atoms with van der Waals surface area (Å²) in [4.78, 5) is 53.0. The number of ether oxygens (including phenoxy) is 1. The van der Waals surface area contributed by atoms with E-state index in [-0.39, 0.29) is 40.6 Å². The number of rotatable bonds is 8. The van der Waals surface area contributed by atoms with Gasteiger partial charge in [-0.2, -0.15) is 0 Å². The summed E-state index contributed by atoms with van der Waals surface area (Å²) in [6.45, 7) is 7.04. The maximum absolute atomic E-state index is 13.3. The Morgan fingerprint density at radius 2 is 1.70 bits per heavy atom. The van der Waals surface area contributed by atoms with Crippen molar-refractivity contribution in [2.45, 2.75) is 70.1 Å². The SMILES string of the molecule is CCC(c1nc(/C=c2\[nH]c(=O)/c(=C/c3cccc(C(=O)c4ccc(F)cc4)c3)[nH]c2=O)c(C2CC2)[nH]1)C1NCC(C)OC1C. The molecule has 9 nitrogen and oxygen atoms in total. The average Bonchev–Trinajstić information content (AvgIpc) is 3.77. The summed E-state index contributed by atoms with van der Waals surface area (Å²) in [5.74, 6) is 0.583. The van der Waals surface area contributed by atoms with E-state index in [4.69, 9.17) is 9.72 Å². The first-order valence-electron chi connectivity index (χ1n) is 15.1. The van der Waals surface area contributed by atoms with E-state index in [0.29, 0.717) is 28.3 Å². The second kappa shape index (κ2) is 12.3. The van der Waals surface area contributed by atoms with Gasteiger partial charge in [0.05, 0.1) is 17.9 Å². The van der Waals surface area contributed by atoms with Crippen molar-refractivity contribution in [1.82, 2.24) is 25.3 Å². The molecule has 0 spiro atoms. The lowest BCUT2D eigenvalue weighted by Gasteiger charge is -2.38. The Bertz CT molecular complexity index is 1920. The van der Waals surface area contributed by atoms with Gasteiger partial charge in [-0.1, -0.05) is 25.1 Å². The third kappa shape index (κ3) is 6.27. The number of benzene rings is 2. The second-order valence-corrected chi connectivity index (χ2v) is 11.8.